The average molecular weight is 344 g/mol. The van der Waals surface area contributed by atoms with Gasteiger partial charge in [0.1, 0.15) is 0 Å². The minimum Gasteiger partial charge on any atom is -0.381 e. The SMILES string of the molecule is C[S@@](=O)Cc1cccc(NCc2ccccc2N2CCOCC2)c1. The van der Waals surface area contributed by atoms with Crippen LogP contribution in [0.1, 0.15) is 11.1 Å². The summed E-state index contributed by atoms with van der Waals surface area (Å²) in [5.74, 6) is 0.597. The second-order valence-electron chi connectivity index (χ2n) is 6.00. The van der Waals surface area contributed by atoms with Gasteiger partial charge < -0.3 is 15.0 Å². The summed E-state index contributed by atoms with van der Waals surface area (Å²) in [6.07, 6.45) is 1.73. The number of anilines is 2. The van der Waals surface area contributed by atoms with Crippen molar-refractivity contribution in [3.8, 4) is 0 Å². The van der Waals surface area contributed by atoms with Crippen molar-refractivity contribution in [3.63, 3.8) is 0 Å². The van der Waals surface area contributed by atoms with E-state index in [9.17, 15) is 4.21 Å². The molecular formula is C19H24N2O2S. The molecule has 1 fully saturated rings. The predicted molar refractivity (Wildman–Crippen MR) is 101 cm³/mol. The fourth-order valence-electron chi connectivity index (χ4n) is 2.98. The molecule has 0 aromatic heterocycles. The van der Waals surface area contributed by atoms with E-state index in [-0.39, 0.29) is 0 Å². The molecule has 1 aliphatic heterocycles. The molecule has 2 aromatic carbocycles. The van der Waals surface area contributed by atoms with Crippen molar-refractivity contribution in [2.45, 2.75) is 12.3 Å². The van der Waals surface area contributed by atoms with Crippen LogP contribution in [0.15, 0.2) is 48.5 Å². The smallest absolute Gasteiger partial charge is 0.0642 e. The highest BCUT2D eigenvalue weighted by molar-refractivity contribution is 7.83. The van der Waals surface area contributed by atoms with Gasteiger partial charge in [0.05, 0.1) is 13.2 Å². The monoisotopic (exact) mass is 344 g/mol. The minimum absolute atomic E-state index is 0.597. The molecule has 0 unspecified atom stereocenters. The standard InChI is InChI=1S/C19H24N2O2S/c1-24(22)15-16-5-4-7-18(13-16)20-14-17-6-2-3-8-19(17)21-9-11-23-12-10-21/h2-8,13,20H,9-12,14-15H2,1H3/t24-/m1/s1. The zero-order valence-corrected chi connectivity index (χ0v) is 14.8. The summed E-state index contributed by atoms with van der Waals surface area (Å²) in [7, 11) is -0.818. The van der Waals surface area contributed by atoms with E-state index in [1.807, 2.05) is 12.1 Å². The molecule has 4 nitrogen and oxygen atoms in total. The van der Waals surface area contributed by atoms with E-state index < -0.39 is 10.8 Å². The topological polar surface area (TPSA) is 41.6 Å². The van der Waals surface area contributed by atoms with Gasteiger partial charge in [-0.15, -0.1) is 0 Å². The zero-order valence-electron chi connectivity index (χ0n) is 14.0. The van der Waals surface area contributed by atoms with Gasteiger partial charge in [0.15, 0.2) is 0 Å². The Hall–Kier alpha value is -1.85. The van der Waals surface area contributed by atoms with Crippen LogP contribution >= 0.6 is 0 Å². The van der Waals surface area contributed by atoms with Crippen LogP contribution in [0.2, 0.25) is 0 Å². The van der Waals surface area contributed by atoms with Gasteiger partial charge in [-0.1, -0.05) is 30.3 Å². The second kappa shape index (κ2) is 8.31. The molecule has 1 N–H and O–H groups in total. The molecule has 0 spiro atoms. The molecule has 1 atom stereocenters. The summed E-state index contributed by atoms with van der Waals surface area (Å²) < 4.78 is 16.9. The van der Waals surface area contributed by atoms with Crippen LogP contribution in [0.5, 0.6) is 0 Å². The zero-order chi connectivity index (χ0) is 16.8. The molecule has 5 heteroatoms. The maximum atomic E-state index is 11.4. The first-order valence-corrected chi connectivity index (χ1v) is 9.98. The number of para-hydroxylation sites is 1. The molecule has 128 valence electrons. The van der Waals surface area contributed by atoms with Crippen molar-refractivity contribution in [2.75, 3.05) is 42.8 Å². The molecule has 0 amide bonds. The predicted octanol–water partition coefficient (Wildman–Crippen LogP) is 3.01. The third kappa shape index (κ3) is 4.58. The lowest BCUT2D eigenvalue weighted by Crippen LogP contribution is -2.36. The normalized spacial score (nSPS) is 16.0. The maximum Gasteiger partial charge on any atom is 0.0642 e. The van der Waals surface area contributed by atoms with Crippen LogP contribution in [0.3, 0.4) is 0 Å². The maximum absolute atomic E-state index is 11.4. The number of hydrogen-bond donors (Lipinski definition) is 1. The molecule has 1 heterocycles. The van der Waals surface area contributed by atoms with Gasteiger partial charge in [0, 0.05) is 53.8 Å². The lowest BCUT2D eigenvalue weighted by molar-refractivity contribution is 0.122. The van der Waals surface area contributed by atoms with Crippen molar-refractivity contribution in [1.82, 2.24) is 0 Å². The number of hydrogen-bond acceptors (Lipinski definition) is 4. The van der Waals surface area contributed by atoms with Crippen molar-refractivity contribution < 1.29 is 8.95 Å². The Kier molecular flexibility index (Phi) is 5.88. The molecule has 0 saturated carbocycles. The summed E-state index contributed by atoms with van der Waals surface area (Å²) in [6.45, 7) is 4.23. The fraction of sp³-hybridized carbons (Fsp3) is 0.368. The molecule has 0 aliphatic carbocycles. The van der Waals surface area contributed by atoms with E-state index in [0.29, 0.717) is 5.75 Å². The van der Waals surface area contributed by atoms with Crippen LogP contribution in [-0.4, -0.2) is 36.8 Å². The summed E-state index contributed by atoms with van der Waals surface area (Å²) in [5.41, 5.74) is 4.72. The van der Waals surface area contributed by atoms with Crippen LogP contribution in [0.25, 0.3) is 0 Å². The number of benzene rings is 2. The Balaban J connectivity index is 1.69. The quantitative estimate of drug-likeness (QED) is 0.875. The molecular weight excluding hydrogens is 320 g/mol. The number of rotatable bonds is 6. The molecule has 3 rings (SSSR count). The van der Waals surface area contributed by atoms with Crippen LogP contribution < -0.4 is 10.2 Å². The number of nitrogens with one attached hydrogen (secondary N) is 1. The third-order valence-corrected chi connectivity index (χ3v) is 4.86. The van der Waals surface area contributed by atoms with Gasteiger partial charge >= 0.3 is 0 Å². The Morgan fingerprint density at radius 1 is 1.12 bits per heavy atom. The molecule has 1 aliphatic rings. The molecule has 2 aromatic rings. The van der Waals surface area contributed by atoms with E-state index >= 15 is 0 Å². The van der Waals surface area contributed by atoms with Gasteiger partial charge in [-0.25, -0.2) is 0 Å². The van der Waals surface area contributed by atoms with Crippen LogP contribution in [0.4, 0.5) is 11.4 Å². The van der Waals surface area contributed by atoms with E-state index in [1.165, 1.54) is 11.3 Å². The Morgan fingerprint density at radius 3 is 2.71 bits per heavy atom. The van der Waals surface area contributed by atoms with E-state index in [4.69, 9.17) is 4.74 Å². The first-order chi connectivity index (χ1) is 11.7. The highest BCUT2D eigenvalue weighted by Gasteiger charge is 2.14. The molecule has 0 bridgehead atoms. The molecule has 1 saturated heterocycles. The van der Waals surface area contributed by atoms with Crippen molar-refractivity contribution in [2.24, 2.45) is 0 Å². The van der Waals surface area contributed by atoms with Crippen molar-refractivity contribution in [1.29, 1.82) is 0 Å². The van der Waals surface area contributed by atoms with Crippen LogP contribution in [-0.2, 0) is 27.8 Å². The largest absolute Gasteiger partial charge is 0.381 e. The highest BCUT2D eigenvalue weighted by atomic mass is 32.2. The summed E-state index contributed by atoms with van der Waals surface area (Å²) in [6, 6.07) is 16.7. The van der Waals surface area contributed by atoms with Gasteiger partial charge in [0.25, 0.3) is 0 Å². The average Bonchev–Trinajstić information content (AvgIpc) is 2.61. The van der Waals surface area contributed by atoms with Crippen molar-refractivity contribution >= 4 is 22.2 Å². The second-order valence-corrected chi connectivity index (χ2v) is 7.43. The Morgan fingerprint density at radius 2 is 1.92 bits per heavy atom. The van der Waals surface area contributed by atoms with Gasteiger partial charge in [-0.2, -0.15) is 0 Å². The first-order valence-electron chi connectivity index (χ1n) is 8.26. The summed E-state index contributed by atoms with van der Waals surface area (Å²) in [4.78, 5) is 2.39. The first kappa shape index (κ1) is 17.0. The minimum atomic E-state index is -0.818. The lowest BCUT2D eigenvalue weighted by Gasteiger charge is -2.30. The van der Waals surface area contributed by atoms with E-state index in [2.05, 4.69) is 46.6 Å². The van der Waals surface area contributed by atoms with E-state index in [1.54, 1.807) is 6.26 Å². The Labute approximate surface area is 146 Å². The lowest BCUT2D eigenvalue weighted by atomic mass is 10.1. The fourth-order valence-corrected chi connectivity index (χ4v) is 3.63. The third-order valence-electron chi connectivity index (χ3n) is 4.12. The van der Waals surface area contributed by atoms with Gasteiger partial charge in [-0.3, -0.25) is 4.21 Å². The number of morpholine rings is 1. The summed E-state index contributed by atoms with van der Waals surface area (Å²) in [5, 5.41) is 3.50. The highest BCUT2D eigenvalue weighted by Crippen LogP contribution is 2.23. The van der Waals surface area contributed by atoms with Gasteiger partial charge in [-0.05, 0) is 29.3 Å². The van der Waals surface area contributed by atoms with Crippen LogP contribution in [0, 0.1) is 0 Å². The van der Waals surface area contributed by atoms with E-state index in [0.717, 1.165) is 44.1 Å². The molecule has 24 heavy (non-hydrogen) atoms. The molecule has 0 radical (unpaired) electrons. The Bertz CT molecular complexity index is 699. The number of nitrogens with zero attached hydrogens (tertiary/aromatic N) is 1. The van der Waals surface area contributed by atoms with Crippen molar-refractivity contribution in [3.05, 3.63) is 59.7 Å². The number of ether oxygens (including phenoxy) is 1. The summed E-state index contributed by atoms with van der Waals surface area (Å²) >= 11 is 0. The van der Waals surface area contributed by atoms with Gasteiger partial charge in [0.2, 0.25) is 0 Å².